The Kier molecular flexibility index (Phi) is 10.9. The Bertz CT molecular complexity index is 1210. The number of rotatable bonds is 12. The molecule has 1 aliphatic heterocycles. The molecule has 1 saturated heterocycles. The molecular weight excluding hydrogens is 536 g/mol. The fraction of sp³-hybridized carbons (Fsp3) is 0.649. The Labute approximate surface area is 258 Å². The van der Waals surface area contributed by atoms with Crippen LogP contribution in [0.5, 0.6) is 5.75 Å². The van der Waals surface area contributed by atoms with E-state index in [1.54, 1.807) is 0 Å². The number of carbonyl (C=O) groups excluding carboxylic acids is 1. The first-order chi connectivity index (χ1) is 19.4. The summed E-state index contributed by atoms with van der Waals surface area (Å²) in [4.78, 5) is 11.4. The minimum Gasteiger partial charge on any atom is -0.489 e. The zero-order valence-corrected chi connectivity index (χ0v) is 29.7. The average molecular weight is 595 g/mol. The molecule has 1 unspecified atom stereocenters. The lowest BCUT2D eigenvalue weighted by molar-refractivity contribution is -0.142. The van der Waals surface area contributed by atoms with Gasteiger partial charge in [-0.15, -0.1) is 0 Å². The predicted molar refractivity (Wildman–Crippen MR) is 178 cm³/mol. The summed E-state index contributed by atoms with van der Waals surface area (Å²) in [5, 5.41) is 0.200. The summed E-state index contributed by atoms with van der Waals surface area (Å²) in [5.41, 5.74) is 6.64. The van der Waals surface area contributed by atoms with Crippen LogP contribution in [0.1, 0.15) is 115 Å². The topological polar surface area (TPSA) is 44.8 Å². The number of carbonyl (C=O) groups is 1. The van der Waals surface area contributed by atoms with Crippen LogP contribution >= 0.6 is 0 Å². The number of benzene rings is 2. The smallest absolute Gasteiger partial charge is 0.306 e. The molecule has 2 aromatic carbocycles. The van der Waals surface area contributed by atoms with Crippen molar-refractivity contribution in [2.75, 3.05) is 6.61 Å². The summed E-state index contributed by atoms with van der Waals surface area (Å²) in [6.45, 7) is 28.1. The molecule has 0 N–H and O–H groups in total. The van der Waals surface area contributed by atoms with Crippen molar-refractivity contribution in [1.82, 2.24) is 0 Å². The molecule has 2 atom stereocenters. The van der Waals surface area contributed by atoms with Gasteiger partial charge < -0.3 is 13.9 Å². The van der Waals surface area contributed by atoms with Gasteiger partial charge in [-0.1, -0.05) is 85.7 Å². The van der Waals surface area contributed by atoms with E-state index < -0.39 is 8.32 Å². The van der Waals surface area contributed by atoms with E-state index >= 15 is 0 Å². The molecule has 3 rings (SSSR count). The molecule has 4 nitrogen and oxygen atoms in total. The van der Waals surface area contributed by atoms with Crippen LogP contribution in [-0.4, -0.2) is 33.1 Å². The Morgan fingerprint density at radius 2 is 1.52 bits per heavy atom. The van der Waals surface area contributed by atoms with Gasteiger partial charge in [0.05, 0.1) is 6.10 Å². The van der Waals surface area contributed by atoms with Crippen LogP contribution in [0.15, 0.2) is 36.4 Å². The molecular formula is C37H58O4Si. The van der Waals surface area contributed by atoms with Crippen molar-refractivity contribution >= 4 is 14.3 Å². The lowest BCUT2D eigenvalue weighted by Gasteiger charge is -2.43. The first-order valence-electron chi connectivity index (χ1n) is 16.1. The fourth-order valence-corrected chi connectivity index (χ4v) is 7.52. The first kappa shape index (κ1) is 34.4. The van der Waals surface area contributed by atoms with E-state index in [1.807, 2.05) is 0 Å². The van der Waals surface area contributed by atoms with Crippen LogP contribution in [0, 0.1) is 19.3 Å². The van der Waals surface area contributed by atoms with Gasteiger partial charge in [-0.05, 0) is 103 Å². The molecule has 1 aliphatic rings. The highest BCUT2D eigenvalue weighted by Crippen LogP contribution is 2.42. The Balaban J connectivity index is 1.80. The third kappa shape index (κ3) is 7.88. The van der Waals surface area contributed by atoms with Crippen LogP contribution in [0.3, 0.4) is 0 Å². The van der Waals surface area contributed by atoms with Crippen molar-refractivity contribution in [3.05, 3.63) is 64.2 Å². The summed E-state index contributed by atoms with van der Waals surface area (Å²) in [6.07, 6.45) is 5.41. The molecule has 0 amide bonds. The van der Waals surface area contributed by atoms with Crippen molar-refractivity contribution in [3.8, 4) is 5.75 Å². The van der Waals surface area contributed by atoms with Crippen molar-refractivity contribution in [2.45, 2.75) is 144 Å². The zero-order valence-electron chi connectivity index (χ0n) is 28.7. The molecule has 0 spiro atoms. The molecule has 0 saturated carbocycles. The highest BCUT2D eigenvalue weighted by molar-refractivity contribution is 6.74. The molecule has 0 aromatic heterocycles. The minimum absolute atomic E-state index is 0.0625. The summed E-state index contributed by atoms with van der Waals surface area (Å²) in [6, 6.07) is 13.8. The molecule has 1 fully saturated rings. The number of cyclic esters (lactones) is 1. The van der Waals surface area contributed by atoms with Crippen molar-refractivity contribution < 1.29 is 18.7 Å². The van der Waals surface area contributed by atoms with E-state index in [4.69, 9.17) is 13.9 Å². The number of hydrogen-bond donors (Lipinski definition) is 0. The van der Waals surface area contributed by atoms with Gasteiger partial charge in [0.25, 0.3) is 0 Å². The molecule has 1 heterocycles. The van der Waals surface area contributed by atoms with Crippen LogP contribution in [-0.2, 0) is 25.8 Å². The van der Waals surface area contributed by atoms with Gasteiger partial charge in [-0.2, -0.15) is 0 Å². The van der Waals surface area contributed by atoms with E-state index in [2.05, 4.69) is 119 Å². The maximum Gasteiger partial charge on any atom is 0.306 e. The number of ether oxygens (including phenoxy) is 2. The molecule has 0 bridgehead atoms. The summed E-state index contributed by atoms with van der Waals surface area (Å²) >= 11 is 0. The van der Waals surface area contributed by atoms with Gasteiger partial charge in [-0.25, -0.2) is 0 Å². The highest BCUT2D eigenvalue weighted by Gasteiger charge is 2.41. The van der Waals surface area contributed by atoms with Crippen LogP contribution in [0.2, 0.25) is 18.1 Å². The average Bonchev–Trinajstić information content (AvgIpc) is 3.31. The quantitative estimate of drug-likeness (QED) is 0.181. The summed E-state index contributed by atoms with van der Waals surface area (Å²) in [7, 11) is -1.86. The predicted octanol–water partition coefficient (Wildman–Crippen LogP) is 9.86. The highest BCUT2D eigenvalue weighted by atomic mass is 28.4. The SMILES string of the molecule is CCC(CC)(c1ccc(CCC(O[Si](C)(C)C(C)(C)C)C(C)(C)C)c(C)c1)c1ccc(OC[C@@H]2CCC(=O)O2)c(C)c1. The Morgan fingerprint density at radius 3 is 2.00 bits per heavy atom. The maximum atomic E-state index is 11.4. The van der Waals surface area contributed by atoms with Crippen LogP contribution < -0.4 is 4.74 Å². The molecule has 2 aromatic rings. The van der Waals surface area contributed by atoms with Gasteiger partial charge in [0.2, 0.25) is 0 Å². The van der Waals surface area contributed by atoms with Gasteiger partial charge in [-0.3, -0.25) is 4.79 Å². The van der Waals surface area contributed by atoms with E-state index in [9.17, 15) is 4.79 Å². The second kappa shape index (κ2) is 13.3. The number of hydrogen-bond acceptors (Lipinski definition) is 4. The molecule has 0 aliphatic carbocycles. The Hall–Kier alpha value is -2.11. The largest absolute Gasteiger partial charge is 0.489 e. The van der Waals surface area contributed by atoms with E-state index in [1.165, 1.54) is 22.3 Å². The van der Waals surface area contributed by atoms with E-state index in [0.29, 0.717) is 13.0 Å². The standard InChI is InChI=1S/C37H58O4Si/c1-13-37(14-2,30-18-20-32(27(4)24-30)39-25-31-19-22-34(38)40-31)29-17-15-28(26(3)23-29)16-21-33(35(5,6)7)41-42(11,12)36(8,9)10/h15,17-18,20,23-24,31,33H,13-14,16,19,21-22,25H2,1-12H3/t31-,33?/m0/s1. The maximum absolute atomic E-state index is 11.4. The minimum atomic E-state index is -1.86. The zero-order chi connectivity index (χ0) is 31.5. The van der Waals surface area contributed by atoms with Gasteiger partial charge in [0.15, 0.2) is 8.32 Å². The van der Waals surface area contributed by atoms with Crippen molar-refractivity contribution in [2.24, 2.45) is 5.41 Å². The van der Waals surface area contributed by atoms with Crippen molar-refractivity contribution in [3.63, 3.8) is 0 Å². The normalized spacial score (nSPS) is 17.3. The van der Waals surface area contributed by atoms with Crippen molar-refractivity contribution in [1.29, 1.82) is 0 Å². The molecule has 42 heavy (non-hydrogen) atoms. The monoisotopic (exact) mass is 594 g/mol. The third-order valence-corrected chi connectivity index (χ3v) is 14.6. The number of aryl methyl sites for hydroxylation is 3. The fourth-order valence-electron chi connectivity index (χ4n) is 5.99. The van der Waals surface area contributed by atoms with Gasteiger partial charge in [0, 0.05) is 11.8 Å². The summed E-state index contributed by atoms with van der Waals surface area (Å²) < 4.78 is 18.4. The van der Waals surface area contributed by atoms with Crippen LogP contribution in [0.25, 0.3) is 0 Å². The second-order valence-electron chi connectivity index (χ2n) is 15.1. The summed E-state index contributed by atoms with van der Waals surface area (Å²) in [5.74, 6) is 0.740. The third-order valence-electron chi connectivity index (χ3n) is 10.1. The molecule has 0 radical (unpaired) electrons. The lowest BCUT2D eigenvalue weighted by Crippen LogP contribution is -2.47. The number of esters is 1. The molecule has 5 heteroatoms. The Morgan fingerprint density at radius 1 is 0.929 bits per heavy atom. The van der Waals surface area contributed by atoms with Gasteiger partial charge in [0.1, 0.15) is 18.5 Å². The van der Waals surface area contributed by atoms with Gasteiger partial charge >= 0.3 is 5.97 Å². The second-order valence-corrected chi connectivity index (χ2v) is 19.9. The molecule has 234 valence electrons. The lowest BCUT2D eigenvalue weighted by atomic mass is 9.69. The van der Waals surface area contributed by atoms with E-state index in [0.717, 1.165) is 43.4 Å². The first-order valence-corrected chi connectivity index (χ1v) is 19.1. The van der Waals surface area contributed by atoms with Crippen LogP contribution in [0.4, 0.5) is 0 Å². The van der Waals surface area contributed by atoms with E-state index in [-0.39, 0.29) is 34.0 Å².